The first-order valence-electron chi connectivity index (χ1n) is 8.60. The second kappa shape index (κ2) is 10.8. The minimum Gasteiger partial charge on any atom is -0.377 e. The average molecular weight is 474 g/mol. The first kappa shape index (κ1) is 21.9. The SMILES string of the molecule is CC1CCCN(C(N)=NCCS(=O)(=O)NCC2CCCCO2)C1.I. The number of nitrogens with one attached hydrogen (secondary N) is 1. The van der Waals surface area contributed by atoms with E-state index in [1.54, 1.807) is 0 Å². The molecule has 0 bridgehead atoms. The molecule has 0 radical (unpaired) electrons. The van der Waals surface area contributed by atoms with E-state index < -0.39 is 10.0 Å². The highest BCUT2D eigenvalue weighted by molar-refractivity contribution is 14.0. The van der Waals surface area contributed by atoms with Crippen molar-refractivity contribution < 1.29 is 13.2 Å². The lowest BCUT2D eigenvalue weighted by Gasteiger charge is -2.31. The Kier molecular flexibility index (Phi) is 9.83. The first-order chi connectivity index (χ1) is 11.0. The van der Waals surface area contributed by atoms with Gasteiger partial charge in [0.15, 0.2) is 5.96 Å². The highest BCUT2D eigenvalue weighted by Crippen LogP contribution is 2.15. The summed E-state index contributed by atoms with van der Waals surface area (Å²) < 4.78 is 32.1. The van der Waals surface area contributed by atoms with Gasteiger partial charge in [0.2, 0.25) is 10.0 Å². The summed E-state index contributed by atoms with van der Waals surface area (Å²) >= 11 is 0. The van der Waals surface area contributed by atoms with E-state index in [-0.39, 0.29) is 42.4 Å². The van der Waals surface area contributed by atoms with Crippen molar-refractivity contribution in [2.45, 2.75) is 45.1 Å². The third-order valence-corrected chi connectivity index (χ3v) is 5.75. The van der Waals surface area contributed by atoms with Gasteiger partial charge in [-0.05, 0) is 38.0 Å². The summed E-state index contributed by atoms with van der Waals surface area (Å²) in [5.41, 5.74) is 5.97. The summed E-state index contributed by atoms with van der Waals surface area (Å²) in [4.78, 5) is 6.28. The number of guanidine groups is 1. The highest BCUT2D eigenvalue weighted by Gasteiger charge is 2.19. The minimum absolute atomic E-state index is 0. The zero-order valence-corrected chi connectivity index (χ0v) is 17.6. The maximum Gasteiger partial charge on any atom is 0.213 e. The van der Waals surface area contributed by atoms with Crippen LogP contribution in [0.25, 0.3) is 0 Å². The average Bonchev–Trinajstić information content (AvgIpc) is 2.54. The Labute approximate surface area is 162 Å². The molecule has 0 spiro atoms. The Morgan fingerprint density at radius 2 is 2.12 bits per heavy atom. The Hall–Kier alpha value is -0.130. The maximum atomic E-state index is 12.0. The lowest BCUT2D eigenvalue weighted by Crippen LogP contribution is -2.44. The van der Waals surface area contributed by atoms with Gasteiger partial charge in [-0.1, -0.05) is 6.92 Å². The van der Waals surface area contributed by atoms with Crippen molar-refractivity contribution in [3.8, 4) is 0 Å². The molecule has 3 N–H and O–H groups in total. The summed E-state index contributed by atoms with van der Waals surface area (Å²) in [5.74, 6) is 1.03. The fraction of sp³-hybridized carbons (Fsp3) is 0.933. The van der Waals surface area contributed by atoms with Crippen LogP contribution in [0.5, 0.6) is 0 Å². The van der Waals surface area contributed by atoms with Gasteiger partial charge in [-0.2, -0.15) is 0 Å². The van der Waals surface area contributed by atoms with Crippen LogP contribution in [0.15, 0.2) is 4.99 Å². The van der Waals surface area contributed by atoms with Crippen LogP contribution in [0.3, 0.4) is 0 Å². The molecule has 0 saturated carbocycles. The number of rotatable bonds is 6. The lowest BCUT2D eigenvalue weighted by atomic mass is 10.0. The third kappa shape index (κ3) is 7.83. The fourth-order valence-electron chi connectivity index (χ4n) is 3.04. The molecule has 2 unspecified atom stereocenters. The fourth-order valence-corrected chi connectivity index (χ4v) is 3.95. The molecule has 0 aliphatic carbocycles. The number of hydrogen-bond acceptors (Lipinski definition) is 4. The number of nitrogens with zero attached hydrogens (tertiary/aromatic N) is 2. The van der Waals surface area contributed by atoms with Crippen molar-refractivity contribution in [1.82, 2.24) is 9.62 Å². The molecule has 2 aliphatic rings. The molecule has 0 aromatic heterocycles. The summed E-state index contributed by atoms with van der Waals surface area (Å²) in [5, 5.41) is 0. The molecule has 2 atom stereocenters. The van der Waals surface area contributed by atoms with E-state index in [9.17, 15) is 8.42 Å². The zero-order chi connectivity index (χ0) is 16.7. The number of nitrogens with two attached hydrogens (primary N) is 1. The number of piperidine rings is 1. The summed E-state index contributed by atoms with van der Waals surface area (Å²) in [6, 6.07) is 0. The van der Waals surface area contributed by atoms with Crippen molar-refractivity contribution in [2.75, 3.05) is 38.5 Å². The number of aliphatic imine (C=N–C) groups is 1. The zero-order valence-electron chi connectivity index (χ0n) is 14.4. The molecular formula is C15H31IN4O3S. The van der Waals surface area contributed by atoms with Gasteiger partial charge in [0.25, 0.3) is 0 Å². The molecule has 2 rings (SSSR count). The van der Waals surface area contributed by atoms with Crippen LogP contribution in [0.1, 0.15) is 39.0 Å². The van der Waals surface area contributed by atoms with Crippen molar-refractivity contribution in [3.05, 3.63) is 0 Å². The van der Waals surface area contributed by atoms with Gasteiger partial charge in [0.1, 0.15) is 0 Å². The minimum atomic E-state index is -3.33. The van der Waals surface area contributed by atoms with E-state index in [0.29, 0.717) is 18.4 Å². The van der Waals surface area contributed by atoms with Gasteiger partial charge in [-0.15, -0.1) is 24.0 Å². The van der Waals surface area contributed by atoms with Crippen LogP contribution < -0.4 is 10.5 Å². The summed E-state index contributed by atoms with van der Waals surface area (Å²) in [7, 11) is -3.33. The third-order valence-electron chi connectivity index (χ3n) is 4.42. The summed E-state index contributed by atoms with van der Waals surface area (Å²) in [6.07, 6.45) is 5.40. The largest absolute Gasteiger partial charge is 0.377 e. The van der Waals surface area contributed by atoms with E-state index in [1.165, 1.54) is 6.42 Å². The second-order valence-corrected chi connectivity index (χ2v) is 8.52. The molecule has 0 aromatic carbocycles. The van der Waals surface area contributed by atoms with E-state index in [1.807, 2.05) is 4.90 Å². The first-order valence-corrected chi connectivity index (χ1v) is 10.3. The van der Waals surface area contributed by atoms with Gasteiger partial charge in [-0.3, -0.25) is 4.99 Å². The van der Waals surface area contributed by atoms with E-state index in [0.717, 1.165) is 45.4 Å². The highest BCUT2D eigenvalue weighted by atomic mass is 127. The molecule has 2 saturated heterocycles. The molecule has 2 aliphatic heterocycles. The summed E-state index contributed by atoms with van der Waals surface area (Å²) in [6.45, 7) is 5.27. The predicted octanol–water partition coefficient (Wildman–Crippen LogP) is 1.14. The predicted molar refractivity (Wildman–Crippen MR) is 107 cm³/mol. The molecule has 7 nitrogen and oxygen atoms in total. The number of sulfonamides is 1. The second-order valence-electron chi connectivity index (χ2n) is 6.59. The Balaban J connectivity index is 0.00000288. The van der Waals surface area contributed by atoms with E-state index in [2.05, 4.69) is 16.6 Å². The maximum absolute atomic E-state index is 12.0. The van der Waals surface area contributed by atoms with E-state index >= 15 is 0 Å². The van der Waals surface area contributed by atoms with E-state index in [4.69, 9.17) is 10.5 Å². The Bertz CT molecular complexity index is 495. The number of ether oxygens (including phenoxy) is 1. The number of halogens is 1. The van der Waals surface area contributed by atoms with Gasteiger partial charge in [-0.25, -0.2) is 13.1 Å². The van der Waals surface area contributed by atoms with Gasteiger partial charge in [0, 0.05) is 26.2 Å². The van der Waals surface area contributed by atoms with Crippen molar-refractivity contribution in [1.29, 1.82) is 0 Å². The van der Waals surface area contributed by atoms with Crippen molar-refractivity contribution in [3.63, 3.8) is 0 Å². The van der Waals surface area contributed by atoms with Crippen LogP contribution in [0.4, 0.5) is 0 Å². The molecule has 2 fully saturated rings. The number of hydrogen-bond donors (Lipinski definition) is 2. The molecule has 142 valence electrons. The monoisotopic (exact) mass is 474 g/mol. The molecule has 24 heavy (non-hydrogen) atoms. The topological polar surface area (TPSA) is 97.0 Å². The van der Waals surface area contributed by atoms with Crippen molar-refractivity contribution >= 4 is 40.0 Å². The van der Waals surface area contributed by atoms with Gasteiger partial charge in [0.05, 0.1) is 18.4 Å². The van der Waals surface area contributed by atoms with Gasteiger partial charge < -0.3 is 15.4 Å². The lowest BCUT2D eigenvalue weighted by molar-refractivity contribution is 0.0200. The van der Waals surface area contributed by atoms with Crippen molar-refractivity contribution in [2.24, 2.45) is 16.6 Å². The Morgan fingerprint density at radius 1 is 1.33 bits per heavy atom. The van der Waals surface area contributed by atoms with Crippen LogP contribution in [-0.2, 0) is 14.8 Å². The quantitative estimate of drug-likeness (QED) is 0.342. The van der Waals surface area contributed by atoms with Crippen LogP contribution >= 0.6 is 24.0 Å². The molecule has 2 heterocycles. The molecule has 0 aromatic rings. The standard InChI is InChI=1S/C15H30N4O3S.HI/c1-13-5-4-8-19(12-13)15(16)17-7-10-23(20,21)18-11-14-6-2-3-9-22-14;/h13-14,18H,2-12H2,1H3,(H2,16,17);1H. The molecular weight excluding hydrogens is 443 g/mol. The normalized spacial score (nSPS) is 26.0. The van der Waals surface area contributed by atoms with Crippen LogP contribution in [0, 0.1) is 5.92 Å². The molecule has 9 heteroatoms. The van der Waals surface area contributed by atoms with Crippen LogP contribution in [0.2, 0.25) is 0 Å². The molecule has 0 amide bonds. The number of likely N-dealkylation sites (tertiary alicyclic amines) is 1. The van der Waals surface area contributed by atoms with Gasteiger partial charge >= 0.3 is 0 Å². The Morgan fingerprint density at radius 3 is 2.79 bits per heavy atom. The smallest absolute Gasteiger partial charge is 0.213 e. The van der Waals surface area contributed by atoms with Crippen LogP contribution in [-0.4, -0.2) is 63.9 Å².